The van der Waals surface area contributed by atoms with Crippen molar-refractivity contribution < 1.29 is 27.6 Å². The standard InChI is InChI=1S/C30H26F2N4O4/c31-22-8-6-20(7-9-22)19-33-28(37)25-18-24(34-29(38)27-5-2-16-40-27)10-11-26(25)35-12-14-36(15-13-35)30(39)21-3-1-4-23(32)17-21/h1-11,16-18H,12-15,19H2,(H,33,37)(H,34,38). The molecule has 1 saturated heterocycles. The number of nitrogens with one attached hydrogen (secondary N) is 2. The van der Waals surface area contributed by atoms with Crippen LogP contribution in [0, 0.1) is 11.6 Å². The Bertz CT molecular complexity index is 1520. The number of amides is 3. The molecule has 0 aliphatic carbocycles. The minimum atomic E-state index is -0.472. The predicted octanol–water partition coefficient (Wildman–Crippen LogP) is 4.70. The molecule has 0 saturated carbocycles. The van der Waals surface area contributed by atoms with Gasteiger partial charge < -0.3 is 24.9 Å². The summed E-state index contributed by atoms with van der Waals surface area (Å²) in [4.78, 5) is 42.4. The summed E-state index contributed by atoms with van der Waals surface area (Å²) >= 11 is 0. The van der Waals surface area contributed by atoms with Gasteiger partial charge in [0.15, 0.2) is 5.76 Å². The second kappa shape index (κ2) is 11.8. The van der Waals surface area contributed by atoms with E-state index in [9.17, 15) is 23.2 Å². The molecule has 3 amide bonds. The summed E-state index contributed by atoms with van der Waals surface area (Å²) in [6.45, 7) is 1.82. The van der Waals surface area contributed by atoms with Gasteiger partial charge in [0.25, 0.3) is 17.7 Å². The largest absolute Gasteiger partial charge is 0.459 e. The van der Waals surface area contributed by atoms with Gasteiger partial charge in [-0.1, -0.05) is 18.2 Å². The lowest BCUT2D eigenvalue weighted by atomic mass is 10.1. The lowest BCUT2D eigenvalue weighted by Gasteiger charge is -2.37. The Kier molecular flexibility index (Phi) is 7.86. The summed E-state index contributed by atoms with van der Waals surface area (Å²) in [5.74, 6) is -1.81. The Balaban J connectivity index is 1.33. The van der Waals surface area contributed by atoms with Crippen molar-refractivity contribution in [1.29, 1.82) is 0 Å². The molecule has 0 atom stereocenters. The molecule has 2 N–H and O–H groups in total. The van der Waals surface area contributed by atoms with Crippen LogP contribution in [0.2, 0.25) is 0 Å². The fraction of sp³-hybridized carbons (Fsp3) is 0.167. The van der Waals surface area contributed by atoms with Gasteiger partial charge in [-0.3, -0.25) is 14.4 Å². The Morgan fingerprint density at radius 3 is 2.27 bits per heavy atom. The van der Waals surface area contributed by atoms with Crippen molar-refractivity contribution >= 4 is 29.1 Å². The zero-order valence-corrected chi connectivity index (χ0v) is 21.4. The molecular formula is C30H26F2N4O4. The molecule has 40 heavy (non-hydrogen) atoms. The summed E-state index contributed by atoms with van der Waals surface area (Å²) in [7, 11) is 0. The average Bonchev–Trinajstić information content (AvgIpc) is 3.52. The van der Waals surface area contributed by atoms with E-state index in [0.717, 1.165) is 5.56 Å². The molecule has 2 heterocycles. The van der Waals surface area contributed by atoms with Crippen molar-refractivity contribution in [3.63, 3.8) is 0 Å². The molecule has 204 valence electrons. The van der Waals surface area contributed by atoms with Crippen molar-refractivity contribution in [3.8, 4) is 0 Å². The van der Waals surface area contributed by atoms with Crippen LogP contribution >= 0.6 is 0 Å². The van der Waals surface area contributed by atoms with E-state index in [2.05, 4.69) is 10.6 Å². The number of furan rings is 1. The Morgan fingerprint density at radius 1 is 0.800 bits per heavy atom. The third-order valence-corrected chi connectivity index (χ3v) is 6.59. The SMILES string of the molecule is O=C(Nc1ccc(N2CCN(C(=O)c3cccc(F)c3)CC2)c(C(=O)NCc2ccc(F)cc2)c1)c1ccco1. The topological polar surface area (TPSA) is 94.9 Å². The first-order chi connectivity index (χ1) is 19.4. The van der Waals surface area contributed by atoms with Crippen LogP contribution in [0.4, 0.5) is 20.2 Å². The molecule has 0 unspecified atom stereocenters. The van der Waals surface area contributed by atoms with Gasteiger partial charge >= 0.3 is 0 Å². The highest BCUT2D eigenvalue weighted by Crippen LogP contribution is 2.27. The van der Waals surface area contributed by atoms with E-state index in [0.29, 0.717) is 43.1 Å². The summed E-state index contributed by atoms with van der Waals surface area (Å²) < 4.78 is 32.0. The molecule has 1 fully saturated rings. The van der Waals surface area contributed by atoms with Gasteiger partial charge in [0.2, 0.25) is 0 Å². The number of halogens is 2. The van der Waals surface area contributed by atoms with E-state index in [4.69, 9.17) is 4.42 Å². The average molecular weight is 545 g/mol. The second-order valence-electron chi connectivity index (χ2n) is 9.26. The van der Waals surface area contributed by atoms with Gasteiger partial charge in [-0.15, -0.1) is 0 Å². The van der Waals surface area contributed by atoms with E-state index in [1.807, 2.05) is 4.90 Å². The lowest BCUT2D eigenvalue weighted by molar-refractivity contribution is 0.0745. The minimum Gasteiger partial charge on any atom is -0.459 e. The molecule has 1 aromatic heterocycles. The summed E-state index contributed by atoms with van der Waals surface area (Å²) in [6, 6.07) is 19.6. The van der Waals surface area contributed by atoms with E-state index < -0.39 is 11.7 Å². The zero-order valence-electron chi connectivity index (χ0n) is 21.4. The quantitative estimate of drug-likeness (QED) is 0.352. The van der Waals surface area contributed by atoms with Crippen LogP contribution < -0.4 is 15.5 Å². The van der Waals surface area contributed by atoms with Gasteiger partial charge in [0, 0.05) is 49.7 Å². The Morgan fingerprint density at radius 2 is 1.57 bits per heavy atom. The van der Waals surface area contributed by atoms with E-state index in [1.54, 1.807) is 47.4 Å². The number of rotatable bonds is 7. The molecular weight excluding hydrogens is 518 g/mol. The van der Waals surface area contributed by atoms with Crippen molar-refractivity contribution in [3.05, 3.63) is 119 Å². The van der Waals surface area contributed by atoms with Crippen molar-refractivity contribution in [2.45, 2.75) is 6.54 Å². The highest BCUT2D eigenvalue weighted by molar-refractivity contribution is 6.05. The number of piperazine rings is 1. The maximum Gasteiger partial charge on any atom is 0.291 e. The van der Waals surface area contributed by atoms with Crippen molar-refractivity contribution in [2.75, 3.05) is 36.4 Å². The maximum atomic E-state index is 13.6. The normalized spacial score (nSPS) is 13.2. The van der Waals surface area contributed by atoms with E-state index >= 15 is 0 Å². The molecule has 10 heteroatoms. The number of hydrogen-bond donors (Lipinski definition) is 2. The predicted molar refractivity (Wildman–Crippen MR) is 145 cm³/mol. The van der Waals surface area contributed by atoms with Crippen LogP contribution in [-0.4, -0.2) is 48.8 Å². The van der Waals surface area contributed by atoms with Gasteiger partial charge in [-0.25, -0.2) is 8.78 Å². The van der Waals surface area contributed by atoms with E-state index in [1.165, 1.54) is 42.7 Å². The number of anilines is 2. The van der Waals surface area contributed by atoms with Gasteiger partial charge in [0.1, 0.15) is 11.6 Å². The number of hydrogen-bond acceptors (Lipinski definition) is 5. The fourth-order valence-electron chi connectivity index (χ4n) is 4.51. The molecule has 0 spiro atoms. The molecule has 0 bridgehead atoms. The van der Waals surface area contributed by atoms with Crippen molar-refractivity contribution in [1.82, 2.24) is 10.2 Å². The highest BCUT2D eigenvalue weighted by Gasteiger charge is 2.25. The summed E-state index contributed by atoms with van der Waals surface area (Å²) in [5.41, 5.74) is 2.36. The molecule has 3 aromatic carbocycles. The fourth-order valence-corrected chi connectivity index (χ4v) is 4.51. The molecule has 1 aliphatic heterocycles. The Labute approximate surface area is 229 Å². The monoisotopic (exact) mass is 544 g/mol. The molecule has 1 aliphatic rings. The van der Waals surface area contributed by atoms with E-state index in [-0.39, 0.29) is 35.5 Å². The van der Waals surface area contributed by atoms with Crippen LogP contribution in [0.25, 0.3) is 0 Å². The van der Waals surface area contributed by atoms with Crippen molar-refractivity contribution in [2.24, 2.45) is 0 Å². The third-order valence-electron chi connectivity index (χ3n) is 6.59. The molecule has 8 nitrogen and oxygen atoms in total. The Hall–Kier alpha value is -4.99. The van der Waals surface area contributed by atoms with Crippen LogP contribution in [0.15, 0.2) is 89.5 Å². The maximum absolute atomic E-state index is 13.6. The van der Waals surface area contributed by atoms with Crippen LogP contribution in [0.3, 0.4) is 0 Å². The summed E-state index contributed by atoms with van der Waals surface area (Å²) in [5, 5.41) is 5.59. The molecule has 4 aromatic rings. The first kappa shape index (κ1) is 26.6. The number of nitrogens with zero attached hydrogens (tertiary/aromatic N) is 2. The summed E-state index contributed by atoms with van der Waals surface area (Å²) in [6.07, 6.45) is 1.39. The number of carbonyl (C=O) groups excluding carboxylic acids is 3. The van der Waals surface area contributed by atoms with Crippen LogP contribution in [0.1, 0.15) is 36.8 Å². The smallest absolute Gasteiger partial charge is 0.291 e. The van der Waals surface area contributed by atoms with Gasteiger partial charge in [0.05, 0.1) is 11.8 Å². The second-order valence-corrected chi connectivity index (χ2v) is 9.26. The number of carbonyl (C=O) groups is 3. The lowest BCUT2D eigenvalue weighted by Crippen LogP contribution is -2.49. The molecule has 0 radical (unpaired) electrons. The number of benzene rings is 3. The molecule has 5 rings (SSSR count). The first-order valence-corrected chi connectivity index (χ1v) is 12.7. The third kappa shape index (κ3) is 6.17. The highest BCUT2D eigenvalue weighted by atomic mass is 19.1. The minimum absolute atomic E-state index is 0.130. The first-order valence-electron chi connectivity index (χ1n) is 12.7. The zero-order chi connectivity index (χ0) is 28.1. The van der Waals surface area contributed by atoms with Gasteiger partial charge in [-0.2, -0.15) is 0 Å². The van der Waals surface area contributed by atoms with Crippen LogP contribution in [-0.2, 0) is 6.54 Å². The van der Waals surface area contributed by atoms with Gasteiger partial charge in [-0.05, 0) is 66.2 Å². The van der Waals surface area contributed by atoms with Crippen LogP contribution in [0.5, 0.6) is 0 Å².